The largest absolute Gasteiger partial charge is 0.323 e. The average molecular weight is 376 g/mol. The monoisotopic (exact) mass is 376 g/mol. The van der Waals surface area contributed by atoms with E-state index in [0.717, 1.165) is 44.9 Å². The minimum atomic E-state index is -0.0867. The number of pyridine rings is 1. The van der Waals surface area contributed by atoms with Gasteiger partial charge in [-0.05, 0) is 37.4 Å². The number of rotatable bonds is 5. The first-order valence-corrected chi connectivity index (χ1v) is 10.1. The molecular weight excluding hydrogens is 356 g/mol. The SMILES string of the molecule is CSCc1nc2ccccc2n1CC(=O)Nc1cccc2ccc(C)nc12. The molecule has 0 atom stereocenters. The molecule has 4 rings (SSSR count). The molecule has 0 bridgehead atoms. The van der Waals surface area contributed by atoms with E-state index in [1.165, 1.54) is 0 Å². The first kappa shape index (κ1) is 17.5. The van der Waals surface area contributed by atoms with Crippen molar-refractivity contribution in [3.63, 3.8) is 0 Å². The Kier molecular flexibility index (Phi) is 4.81. The number of hydrogen-bond acceptors (Lipinski definition) is 4. The lowest BCUT2D eigenvalue weighted by molar-refractivity contribution is -0.116. The molecule has 0 aliphatic rings. The molecule has 0 radical (unpaired) electrons. The van der Waals surface area contributed by atoms with E-state index in [1.807, 2.05) is 72.3 Å². The van der Waals surface area contributed by atoms with Crippen LogP contribution in [-0.2, 0) is 17.1 Å². The van der Waals surface area contributed by atoms with Crippen LogP contribution in [-0.4, -0.2) is 26.7 Å². The highest BCUT2D eigenvalue weighted by Crippen LogP contribution is 2.23. The highest BCUT2D eigenvalue weighted by Gasteiger charge is 2.14. The summed E-state index contributed by atoms with van der Waals surface area (Å²) in [4.78, 5) is 22.1. The summed E-state index contributed by atoms with van der Waals surface area (Å²) in [6.07, 6.45) is 2.04. The van der Waals surface area contributed by atoms with Gasteiger partial charge in [-0.1, -0.05) is 30.3 Å². The molecule has 0 unspecified atom stereocenters. The van der Waals surface area contributed by atoms with E-state index < -0.39 is 0 Å². The Balaban J connectivity index is 1.65. The van der Waals surface area contributed by atoms with Crippen LogP contribution < -0.4 is 5.32 Å². The highest BCUT2D eigenvalue weighted by atomic mass is 32.2. The van der Waals surface area contributed by atoms with Gasteiger partial charge in [0.25, 0.3) is 0 Å². The number of benzene rings is 2. The van der Waals surface area contributed by atoms with Crippen molar-refractivity contribution in [1.82, 2.24) is 14.5 Å². The molecule has 27 heavy (non-hydrogen) atoms. The number of carbonyl (C=O) groups is 1. The lowest BCUT2D eigenvalue weighted by atomic mass is 10.1. The number of carbonyl (C=O) groups excluding carboxylic acids is 1. The number of aryl methyl sites for hydroxylation is 1. The second-order valence-electron chi connectivity index (χ2n) is 6.41. The molecule has 0 spiro atoms. The Bertz CT molecular complexity index is 1140. The van der Waals surface area contributed by atoms with Crippen molar-refractivity contribution in [2.24, 2.45) is 0 Å². The second-order valence-corrected chi connectivity index (χ2v) is 7.28. The molecule has 5 nitrogen and oxygen atoms in total. The summed E-state index contributed by atoms with van der Waals surface area (Å²) in [5, 5.41) is 4.04. The van der Waals surface area contributed by atoms with Gasteiger partial charge in [-0.3, -0.25) is 9.78 Å². The van der Waals surface area contributed by atoms with Crippen LogP contribution in [0.25, 0.3) is 21.9 Å². The van der Waals surface area contributed by atoms with Gasteiger partial charge < -0.3 is 9.88 Å². The van der Waals surface area contributed by atoms with Crippen LogP contribution in [0.4, 0.5) is 5.69 Å². The van der Waals surface area contributed by atoms with E-state index in [0.29, 0.717) is 0 Å². The maximum atomic E-state index is 12.8. The summed E-state index contributed by atoms with van der Waals surface area (Å²) in [7, 11) is 0. The molecule has 6 heteroatoms. The van der Waals surface area contributed by atoms with E-state index in [1.54, 1.807) is 11.8 Å². The molecule has 0 fully saturated rings. The van der Waals surface area contributed by atoms with Crippen LogP contribution in [0, 0.1) is 6.92 Å². The summed E-state index contributed by atoms with van der Waals surface area (Å²) < 4.78 is 1.99. The van der Waals surface area contributed by atoms with Crippen molar-refractivity contribution in [3.05, 3.63) is 66.1 Å². The Hall–Kier alpha value is -2.86. The van der Waals surface area contributed by atoms with Gasteiger partial charge in [-0.25, -0.2) is 4.98 Å². The smallest absolute Gasteiger partial charge is 0.244 e. The summed E-state index contributed by atoms with van der Waals surface area (Å²) in [5.41, 5.74) is 4.36. The minimum absolute atomic E-state index is 0.0867. The van der Waals surface area contributed by atoms with Crippen molar-refractivity contribution in [2.45, 2.75) is 19.2 Å². The van der Waals surface area contributed by atoms with Crippen molar-refractivity contribution in [2.75, 3.05) is 11.6 Å². The van der Waals surface area contributed by atoms with E-state index >= 15 is 0 Å². The highest BCUT2D eigenvalue weighted by molar-refractivity contribution is 7.97. The zero-order valence-electron chi connectivity index (χ0n) is 15.3. The molecule has 1 N–H and O–H groups in total. The van der Waals surface area contributed by atoms with E-state index in [9.17, 15) is 4.79 Å². The van der Waals surface area contributed by atoms with Gasteiger partial charge in [0.15, 0.2) is 0 Å². The van der Waals surface area contributed by atoms with Crippen molar-refractivity contribution < 1.29 is 4.79 Å². The maximum Gasteiger partial charge on any atom is 0.244 e. The molecule has 0 aliphatic heterocycles. The van der Waals surface area contributed by atoms with Crippen molar-refractivity contribution in [1.29, 1.82) is 0 Å². The van der Waals surface area contributed by atoms with Gasteiger partial charge in [0, 0.05) is 11.1 Å². The van der Waals surface area contributed by atoms with Gasteiger partial charge in [0.2, 0.25) is 5.91 Å². The minimum Gasteiger partial charge on any atom is -0.323 e. The number of fused-ring (bicyclic) bond motifs is 2. The fourth-order valence-electron chi connectivity index (χ4n) is 3.22. The molecule has 2 aromatic carbocycles. The quantitative estimate of drug-likeness (QED) is 0.561. The molecule has 2 aromatic heterocycles. The first-order chi connectivity index (χ1) is 13.2. The zero-order valence-corrected chi connectivity index (χ0v) is 16.1. The van der Waals surface area contributed by atoms with Gasteiger partial charge in [0.05, 0.1) is 28.0 Å². The Morgan fingerprint density at radius 3 is 2.78 bits per heavy atom. The predicted octanol–water partition coefficient (Wildman–Crippen LogP) is 4.39. The molecule has 0 saturated heterocycles. The summed E-state index contributed by atoms with van der Waals surface area (Å²) in [6, 6.07) is 17.7. The summed E-state index contributed by atoms with van der Waals surface area (Å²) in [6.45, 7) is 2.17. The van der Waals surface area contributed by atoms with E-state index in [-0.39, 0.29) is 12.5 Å². The number of thioether (sulfide) groups is 1. The van der Waals surface area contributed by atoms with Crippen LogP contribution in [0.3, 0.4) is 0 Å². The molecule has 1 amide bonds. The van der Waals surface area contributed by atoms with Crippen LogP contribution in [0.5, 0.6) is 0 Å². The van der Waals surface area contributed by atoms with Gasteiger partial charge >= 0.3 is 0 Å². The number of aromatic nitrogens is 3. The lowest BCUT2D eigenvalue weighted by Crippen LogP contribution is -2.20. The molecular formula is C21H20N4OS. The number of hydrogen-bond donors (Lipinski definition) is 1. The fraction of sp³-hybridized carbons (Fsp3) is 0.190. The number of nitrogens with zero attached hydrogens (tertiary/aromatic N) is 3. The molecule has 136 valence electrons. The molecule has 2 heterocycles. The van der Waals surface area contributed by atoms with Gasteiger partial charge in [-0.15, -0.1) is 0 Å². The Morgan fingerprint density at radius 2 is 1.93 bits per heavy atom. The topological polar surface area (TPSA) is 59.8 Å². The number of para-hydroxylation sites is 3. The third kappa shape index (κ3) is 3.53. The van der Waals surface area contributed by atoms with E-state index in [4.69, 9.17) is 0 Å². The molecule has 0 aliphatic carbocycles. The second kappa shape index (κ2) is 7.40. The predicted molar refractivity (Wildman–Crippen MR) is 112 cm³/mol. The number of imidazole rings is 1. The lowest BCUT2D eigenvalue weighted by Gasteiger charge is -2.11. The van der Waals surface area contributed by atoms with Crippen LogP contribution in [0.2, 0.25) is 0 Å². The number of anilines is 1. The first-order valence-electron chi connectivity index (χ1n) is 8.75. The number of amides is 1. The molecule has 4 aromatic rings. The zero-order chi connectivity index (χ0) is 18.8. The summed E-state index contributed by atoms with van der Waals surface area (Å²) >= 11 is 1.69. The van der Waals surface area contributed by atoms with Crippen LogP contribution in [0.15, 0.2) is 54.6 Å². The Morgan fingerprint density at radius 1 is 1.07 bits per heavy atom. The van der Waals surface area contributed by atoms with Crippen LogP contribution >= 0.6 is 11.8 Å². The van der Waals surface area contributed by atoms with Crippen LogP contribution in [0.1, 0.15) is 11.5 Å². The third-order valence-corrected chi connectivity index (χ3v) is 4.99. The van der Waals surface area contributed by atoms with Gasteiger partial charge in [-0.2, -0.15) is 11.8 Å². The third-order valence-electron chi connectivity index (χ3n) is 4.44. The van der Waals surface area contributed by atoms with Gasteiger partial charge in [0.1, 0.15) is 12.4 Å². The van der Waals surface area contributed by atoms with Crippen molar-refractivity contribution >= 4 is 45.3 Å². The summed E-state index contributed by atoms with van der Waals surface area (Å²) in [5.74, 6) is 1.58. The maximum absolute atomic E-state index is 12.8. The average Bonchev–Trinajstić information content (AvgIpc) is 3.00. The van der Waals surface area contributed by atoms with E-state index in [2.05, 4.69) is 15.3 Å². The number of nitrogens with one attached hydrogen (secondary N) is 1. The molecule has 0 saturated carbocycles. The van der Waals surface area contributed by atoms with Crippen molar-refractivity contribution in [3.8, 4) is 0 Å². The standard InChI is InChI=1S/C21H20N4OS/c1-14-10-11-15-6-5-8-17(21(15)22-14)24-20(26)12-25-18-9-4-3-7-16(18)23-19(25)13-27-2/h3-11H,12-13H2,1-2H3,(H,24,26). The fourth-order valence-corrected chi connectivity index (χ4v) is 3.70. The normalized spacial score (nSPS) is 11.2. The Labute approximate surface area is 161 Å².